The molecule has 0 saturated carbocycles. The molecule has 7 heteroatoms. The van der Waals surface area contributed by atoms with Crippen LogP contribution in [0, 0.1) is 10.1 Å². The van der Waals surface area contributed by atoms with E-state index in [1.54, 1.807) is 25.2 Å². The Morgan fingerprint density at radius 1 is 1.25 bits per heavy atom. The molecule has 1 aromatic carbocycles. The molecule has 2 rings (SSSR count). The van der Waals surface area contributed by atoms with Gasteiger partial charge in [-0.05, 0) is 18.2 Å². The van der Waals surface area contributed by atoms with Crippen molar-refractivity contribution in [1.82, 2.24) is 4.98 Å². The van der Waals surface area contributed by atoms with Crippen LogP contribution in [0.4, 0.5) is 17.1 Å². The Bertz CT molecular complexity index is 640. The Kier molecular flexibility index (Phi) is 3.90. The zero-order valence-corrected chi connectivity index (χ0v) is 10.7. The lowest BCUT2D eigenvalue weighted by molar-refractivity contribution is -0.384. The van der Waals surface area contributed by atoms with Crippen LogP contribution in [0.3, 0.4) is 0 Å². The number of nitro groups is 1. The maximum atomic E-state index is 11.9. The number of nitrogens with one attached hydrogen (secondary N) is 2. The molecule has 0 aliphatic heterocycles. The quantitative estimate of drug-likeness (QED) is 0.657. The first-order valence-corrected chi connectivity index (χ1v) is 5.80. The summed E-state index contributed by atoms with van der Waals surface area (Å²) in [7, 11) is 1.75. The van der Waals surface area contributed by atoms with Crippen molar-refractivity contribution in [2.24, 2.45) is 0 Å². The van der Waals surface area contributed by atoms with Crippen LogP contribution in [-0.2, 0) is 0 Å². The number of nitro benzene ring substituents is 1. The second kappa shape index (κ2) is 5.79. The molecular formula is C13H12N4O3. The third kappa shape index (κ3) is 3.08. The molecule has 0 fully saturated rings. The Morgan fingerprint density at radius 2 is 2.05 bits per heavy atom. The van der Waals surface area contributed by atoms with Crippen LogP contribution in [0.2, 0.25) is 0 Å². The van der Waals surface area contributed by atoms with Gasteiger partial charge in [-0.15, -0.1) is 0 Å². The number of amides is 1. The van der Waals surface area contributed by atoms with E-state index in [9.17, 15) is 14.9 Å². The van der Waals surface area contributed by atoms with Crippen LogP contribution in [0.25, 0.3) is 0 Å². The molecule has 1 amide bonds. The fraction of sp³-hybridized carbons (Fsp3) is 0.0769. The highest BCUT2D eigenvalue weighted by atomic mass is 16.6. The molecule has 0 spiro atoms. The zero-order valence-electron chi connectivity index (χ0n) is 10.7. The number of pyridine rings is 1. The van der Waals surface area contributed by atoms with E-state index in [0.29, 0.717) is 5.69 Å². The highest BCUT2D eigenvalue weighted by molar-refractivity contribution is 6.03. The molecule has 0 bridgehead atoms. The Balaban J connectivity index is 2.14. The third-order valence-corrected chi connectivity index (χ3v) is 2.60. The molecule has 20 heavy (non-hydrogen) atoms. The molecule has 0 saturated heterocycles. The molecule has 7 nitrogen and oxygen atoms in total. The summed E-state index contributed by atoms with van der Waals surface area (Å²) in [5, 5.41) is 16.1. The first-order valence-electron chi connectivity index (χ1n) is 5.80. The van der Waals surface area contributed by atoms with Crippen molar-refractivity contribution in [1.29, 1.82) is 0 Å². The van der Waals surface area contributed by atoms with Crippen molar-refractivity contribution in [3.8, 4) is 0 Å². The van der Waals surface area contributed by atoms with Gasteiger partial charge in [-0.25, -0.2) is 4.98 Å². The molecule has 1 heterocycles. The molecule has 1 aromatic heterocycles. The minimum atomic E-state index is -0.518. The monoisotopic (exact) mass is 272 g/mol. The number of aromatic nitrogens is 1. The average Bonchev–Trinajstić information content (AvgIpc) is 2.47. The van der Waals surface area contributed by atoms with Gasteiger partial charge in [0.15, 0.2) is 0 Å². The highest BCUT2D eigenvalue weighted by Crippen LogP contribution is 2.17. The average molecular weight is 272 g/mol. The summed E-state index contributed by atoms with van der Waals surface area (Å²) >= 11 is 0. The number of nitrogens with zero attached hydrogens (tertiary/aromatic N) is 2. The van der Waals surface area contributed by atoms with E-state index >= 15 is 0 Å². The normalized spacial score (nSPS) is 9.85. The summed E-state index contributed by atoms with van der Waals surface area (Å²) in [5.74, 6) is -0.423. The van der Waals surface area contributed by atoms with E-state index in [4.69, 9.17) is 0 Å². The minimum Gasteiger partial charge on any atom is -0.387 e. The van der Waals surface area contributed by atoms with Crippen LogP contribution in [0.15, 0.2) is 42.6 Å². The topological polar surface area (TPSA) is 97.2 Å². The predicted octanol–water partition coefficient (Wildman–Crippen LogP) is 2.28. The Labute approximate surface area is 114 Å². The molecule has 0 unspecified atom stereocenters. The van der Waals surface area contributed by atoms with Crippen LogP contribution in [0.5, 0.6) is 0 Å². The number of anilines is 2. The summed E-state index contributed by atoms with van der Waals surface area (Å²) in [6, 6.07) is 9.02. The molecule has 0 aliphatic rings. The summed E-state index contributed by atoms with van der Waals surface area (Å²) in [6.45, 7) is 0. The van der Waals surface area contributed by atoms with E-state index in [2.05, 4.69) is 15.6 Å². The van der Waals surface area contributed by atoms with Crippen molar-refractivity contribution >= 4 is 23.0 Å². The fourth-order valence-corrected chi connectivity index (χ4v) is 1.57. The lowest BCUT2D eigenvalue weighted by Crippen LogP contribution is -2.13. The highest BCUT2D eigenvalue weighted by Gasteiger charge is 2.10. The van der Waals surface area contributed by atoms with Gasteiger partial charge in [0.25, 0.3) is 11.6 Å². The van der Waals surface area contributed by atoms with E-state index in [-0.39, 0.29) is 11.4 Å². The van der Waals surface area contributed by atoms with Crippen LogP contribution in [0.1, 0.15) is 10.5 Å². The smallest absolute Gasteiger partial charge is 0.274 e. The first kappa shape index (κ1) is 13.5. The molecule has 0 radical (unpaired) electrons. The van der Waals surface area contributed by atoms with Crippen LogP contribution >= 0.6 is 0 Å². The van der Waals surface area contributed by atoms with E-state index in [0.717, 1.165) is 5.69 Å². The van der Waals surface area contributed by atoms with Crippen molar-refractivity contribution in [2.45, 2.75) is 0 Å². The molecule has 0 aliphatic carbocycles. The number of carbonyl (C=O) groups excluding carboxylic acids is 1. The number of carbonyl (C=O) groups is 1. The van der Waals surface area contributed by atoms with Gasteiger partial charge in [-0.1, -0.05) is 6.07 Å². The number of hydrogen-bond acceptors (Lipinski definition) is 5. The van der Waals surface area contributed by atoms with E-state index < -0.39 is 10.8 Å². The second-order valence-corrected chi connectivity index (χ2v) is 3.94. The lowest BCUT2D eigenvalue weighted by atomic mass is 10.2. The SMILES string of the molecule is CNc1ccc(C(=O)Nc2cccc([N+](=O)[O-])c2)nc1. The van der Waals surface area contributed by atoms with E-state index in [1.807, 2.05) is 0 Å². The van der Waals surface area contributed by atoms with Gasteiger partial charge in [0, 0.05) is 24.9 Å². The Hall–Kier alpha value is -2.96. The Morgan fingerprint density at radius 3 is 2.65 bits per heavy atom. The van der Waals surface area contributed by atoms with Gasteiger partial charge in [-0.2, -0.15) is 0 Å². The van der Waals surface area contributed by atoms with Gasteiger partial charge in [-0.3, -0.25) is 14.9 Å². The first-order chi connectivity index (χ1) is 9.60. The van der Waals surface area contributed by atoms with Crippen molar-refractivity contribution < 1.29 is 9.72 Å². The van der Waals surface area contributed by atoms with Crippen LogP contribution in [-0.4, -0.2) is 22.9 Å². The maximum absolute atomic E-state index is 11.9. The van der Waals surface area contributed by atoms with Gasteiger partial charge in [0.1, 0.15) is 5.69 Å². The second-order valence-electron chi connectivity index (χ2n) is 3.94. The van der Waals surface area contributed by atoms with E-state index in [1.165, 1.54) is 24.4 Å². The zero-order chi connectivity index (χ0) is 14.5. The van der Waals surface area contributed by atoms with Gasteiger partial charge in [0.05, 0.1) is 16.8 Å². The number of benzene rings is 1. The number of non-ortho nitro benzene ring substituents is 1. The molecule has 2 N–H and O–H groups in total. The van der Waals surface area contributed by atoms with Gasteiger partial charge < -0.3 is 10.6 Å². The largest absolute Gasteiger partial charge is 0.387 e. The predicted molar refractivity (Wildman–Crippen MR) is 74.8 cm³/mol. The standard InChI is InChI=1S/C13H12N4O3/c1-14-10-5-6-12(15-8-10)13(18)16-9-3-2-4-11(7-9)17(19)20/h2-8,14H,1H3,(H,16,18). The maximum Gasteiger partial charge on any atom is 0.274 e. The minimum absolute atomic E-state index is 0.0821. The number of rotatable bonds is 4. The number of hydrogen-bond donors (Lipinski definition) is 2. The summed E-state index contributed by atoms with van der Waals surface area (Å²) in [6.07, 6.45) is 1.53. The molecule has 102 valence electrons. The fourth-order valence-electron chi connectivity index (χ4n) is 1.57. The van der Waals surface area contributed by atoms with Crippen molar-refractivity contribution in [3.63, 3.8) is 0 Å². The summed E-state index contributed by atoms with van der Waals surface area (Å²) in [4.78, 5) is 26.1. The molecular weight excluding hydrogens is 260 g/mol. The van der Waals surface area contributed by atoms with Crippen molar-refractivity contribution in [3.05, 3.63) is 58.4 Å². The summed E-state index contributed by atoms with van der Waals surface area (Å²) < 4.78 is 0. The van der Waals surface area contributed by atoms with Gasteiger partial charge in [0.2, 0.25) is 0 Å². The van der Waals surface area contributed by atoms with Crippen molar-refractivity contribution in [2.75, 3.05) is 17.7 Å². The summed E-state index contributed by atoms with van der Waals surface area (Å²) in [5.41, 5.74) is 1.29. The third-order valence-electron chi connectivity index (χ3n) is 2.60. The molecule has 0 atom stereocenters. The van der Waals surface area contributed by atoms with Crippen LogP contribution < -0.4 is 10.6 Å². The van der Waals surface area contributed by atoms with Gasteiger partial charge >= 0.3 is 0 Å². The lowest BCUT2D eigenvalue weighted by Gasteiger charge is -2.05. The molecule has 2 aromatic rings.